The Kier molecular flexibility index (Phi) is 7.41. The molecule has 2 aromatic rings. The quantitative estimate of drug-likeness (QED) is 0.696. The Labute approximate surface area is 160 Å². The van der Waals surface area contributed by atoms with Gasteiger partial charge >= 0.3 is 5.97 Å². The molecule has 5 nitrogen and oxygen atoms in total. The molecule has 144 valence electrons. The highest BCUT2D eigenvalue weighted by Crippen LogP contribution is 2.26. The molecule has 0 atom stereocenters. The van der Waals surface area contributed by atoms with E-state index in [0.29, 0.717) is 5.75 Å². The molecule has 0 saturated heterocycles. The zero-order chi connectivity index (χ0) is 19.8. The number of anilines is 1. The van der Waals surface area contributed by atoms with E-state index in [1.165, 1.54) is 0 Å². The lowest BCUT2D eigenvalue weighted by Gasteiger charge is -2.14. The van der Waals surface area contributed by atoms with E-state index >= 15 is 0 Å². The van der Waals surface area contributed by atoms with Crippen molar-refractivity contribution in [1.82, 2.24) is 0 Å². The third-order valence-corrected chi connectivity index (χ3v) is 4.11. The van der Waals surface area contributed by atoms with Gasteiger partial charge in [0.05, 0.1) is 0 Å². The molecule has 0 unspecified atom stereocenters. The van der Waals surface area contributed by atoms with Crippen molar-refractivity contribution < 1.29 is 19.1 Å². The Hall–Kier alpha value is -2.82. The fourth-order valence-electron chi connectivity index (χ4n) is 2.71. The SMILES string of the molecule is CC(C)c1ccccc1NC(=O)COC(=O)COc1ccccc1C(C)C. The fraction of sp³-hybridized carbons (Fsp3) is 0.364. The first kappa shape index (κ1) is 20.5. The molecular weight excluding hydrogens is 342 g/mol. The molecule has 0 saturated carbocycles. The van der Waals surface area contributed by atoms with Crippen molar-refractivity contribution in [1.29, 1.82) is 0 Å². The molecule has 2 rings (SSSR count). The van der Waals surface area contributed by atoms with Crippen molar-refractivity contribution in [3.8, 4) is 5.75 Å². The Balaban J connectivity index is 1.83. The van der Waals surface area contributed by atoms with E-state index in [1.807, 2.05) is 48.5 Å². The lowest BCUT2D eigenvalue weighted by atomic mass is 10.0. The van der Waals surface area contributed by atoms with E-state index in [0.717, 1.165) is 16.8 Å². The number of ether oxygens (including phenoxy) is 2. The molecule has 1 N–H and O–H groups in total. The third-order valence-electron chi connectivity index (χ3n) is 4.11. The molecule has 0 fully saturated rings. The summed E-state index contributed by atoms with van der Waals surface area (Å²) in [5, 5.41) is 2.79. The van der Waals surface area contributed by atoms with Crippen LogP contribution < -0.4 is 10.1 Å². The minimum absolute atomic E-state index is 0.237. The van der Waals surface area contributed by atoms with E-state index in [9.17, 15) is 9.59 Å². The number of nitrogens with one attached hydrogen (secondary N) is 1. The van der Waals surface area contributed by atoms with Crippen molar-refractivity contribution in [3.63, 3.8) is 0 Å². The van der Waals surface area contributed by atoms with Crippen LogP contribution in [-0.2, 0) is 14.3 Å². The topological polar surface area (TPSA) is 64.6 Å². The summed E-state index contributed by atoms with van der Waals surface area (Å²) >= 11 is 0. The van der Waals surface area contributed by atoms with Gasteiger partial charge in [0, 0.05) is 5.69 Å². The van der Waals surface area contributed by atoms with E-state index in [1.54, 1.807) is 0 Å². The summed E-state index contributed by atoms with van der Waals surface area (Å²) in [5.41, 5.74) is 2.79. The fourth-order valence-corrected chi connectivity index (χ4v) is 2.71. The summed E-state index contributed by atoms with van der Waals surface area (Å²) in [7, 11) is 0. The van der Waals surface area contributed by atoms with E-state index in [4.69, 9.17) is 9.47 Å². The average Bonchev–Trinajstić information content (AvgIpc) is 2.65. The molecular formula is C22H27NO4. The number of hydrogen-bond donors (Lipinski definition) is 1. The largest absolute Gasteiger partial charge is 0.482 e. The van der Waals surface area contributed by atoms with Crippen LogP contribution in [0.2, 0.25) is 0 Å². The van der Waals surface area contributed by atoms with Crippen molar-refractivity contribution in [2.45, 2.75) is 39.5 Å². The Morgan fingerprint density at radius 1 is 0.852 bits per heavy atom. The number of para-hydroxylation sites is 2. The summed E-state index contributed by atoms with van der Waals surface area (Å²) < 4.78 is 10.6. The van der Waals surface area contributed by atoms with Crippen molar-refractivity contribution >= 4 is 17.6 Å². The van der Waals surface area contributed by atoms with Gasteiger partial charge in [-0.3, -0.25) is 4.79 Å². The van der Waals surface area contributed by atoms with Crippen LogP contribution in [0.4, 0.5) is 5.69 Å². The maximum Gasteiger partial charge on any atom is 0.344 e. The van der Waals surface area contributed by atoms with Gasteiger partial charge < -0.3 is 14.8 Å². The molecule has 5 heteroatoms. The maximum atomic E-state index is 12.1. The molecule has 0 aromatic heterocycles. The predicted molar refractivity (Wildman–Crippen MR) is 106 cm³/mol. The number of rotatable bonds is 8. The summed E-state index contributed by atoms with van der Waals surface area (Å²) in [6.07, 6.45) is 0. The zero-order valence-electron chi connectivity index (χ0n) is 16.3. The van der Waals surface area contributed by atoms with Crippen LogP contribution in [0.1, 0.15) is 50.7 Å². The molecule has 0 aliphatic carbocycles. The van der Waals surface area contributed by atoms with Gasteiger partial charge in [-0.15, -0.1) is 0 Å². The summed E-state index contributed by atoms with van der Waals surface area (Å²) in [5.74, 6) is 0.252. The summed E-state index contributed by atoms with van der Waals surface area (Å²) in [6, 6.07) is 15.1. The molecule has 0 aliphatic rings. The molecule has 27 heavy (non-hydrogen) atoms. The molecule has 0 bridgehead atoms. The van der Waals surface area contributed by atoms with Crippen LogP contribution in [0, 0.1) is 0 Å². The van der Waals surface area contributed by atoms with Gasteiger partial charge in [0.1, 0.15) is 5.75 Å². The smallest absolute Gasteiger partial charge is 0.344 e. The third kappa shape index (κ3) is 6.13. The molecule has 0 spiro atoms. The lowest BCUT2D eigenvalue weighted by molar-refractivity contribution is -0.149. The second-order valence-electron chi connectivity index (χ2n) is 6.93. The first-order valence-corrected chi connectivity index (χ1v) is 9.14. The van der Waals surface area contributed by atoms with E-state index < -0.39 is 5.97 Å². The van der Waals surface area contributed by atoms with Crippen LogP contribution in [-0.4, -0.2) is 25.1 Å². The van der Waals surface area contributed by atoms with Crippen molar-refractivity contribution in [2.24, 2.45) is 0 Å². The van der Waals surface area contributed by atoms with Crippen LogP contribution in [0.15, 0.2) is 48.5 Å². The van der Waals surface area contributed by atoms with Crippen LogP contribution in [0.5, 0.6) is 5.75 Å². The highest BCUT2D eigenvalue weighted by Gasteiger charge is 2.13. The number of hydrogen-bond acceptors (Lipinski definition) is 4. The minimum Gasteiger partial charge on any atom is -0.482 e. The molecule has 0 heterocycles. The molecule has 2 aromatic carbocycles. The van der Waals surface area contributed by atoms with Crippen LogP contribution in [0.3, 0.4) is 0 Å². The normalized spacial score (nSPS) is 10.7. The first-order valence-electron chi connectivity index (χ1n) is 9.14. The first-order chi connectivity index (χ1) is 12.9. The predicted octanol–water partition coefficient (Wildman–Crippen LogP) is 4.49. The Morgan fingerprint density at radius 3 is 2.11 bits per heavy atom. The monoisotopic (exact) mass is 369 g/mol. The van der Waals surface area contributed by atoms with Gasteiger partial charge in [-0.2, -0.15) is 0 Å². The highest BCUT2D eigenvalue weighted by molar-refractivity contribution is 5.93. The molecule has 0 aliphatic heterocycles. The van der Waals surface area contributed by atoms with Gasteiger partial charge in [-0.1, -0.05) is 64.1 Å². The Bertz CT molecular complexity index is 783. The van der Waals surface area contributed by atoms with Gasteiger partial charge in [-0.05, 0) is 35.1 Å². The average molecular weight is 369 g/mol. The number of benzene rings is 2. The maximum absolute atomic E-state index is 12.1. The highest BCUT2D eigenvalue weighted by atomic mass is 16.6. The second-order valence-corrected chi connectivity index (χ2v) is 6.93. The van der Waals surface area contributed by atoms with E-state index in [2.05, 4.69) is 33.0 Å². The number of amides is 1. The minimum atomic E-state index is -0.583. The number of esters is 1. The number of carbonyl (C=O) groups excluding carboxylic acids is 2. The molecule has 1 amide bonds. The van der Waals surface area contributed by atoms with Crippen molar-refractivity contribution in [2.75, 3.05) is 18.5 Å². The van der Waals surface area contributed by atoms with Crippen LogP contribution >= 0.6 is 0 Å². The summed E-state index contributed by atoms with van der Waals surface area (Å²) in [4.78, 5) is 24.0. The Morgan fingerprint density at radius 2 is 1.44 bits per heavy atom. The van der Waals surface area contributed by atoms with E-state index in [-0.39, 0.29) is 31.0 Å². The van der Waals surface area contributed by atoms with Crippen molar-refractivity contribution in [3.05, 3.63) is 59.7 Å². The van der Waals surface area contributed by atoms with Gasteiger partial charge in [-0.25, -0.2) is 4.79 Å². The standard InChI is InChI=1S/C22H27NO4/c1-15(2)17-9-5-7-11-19(17)23-21(24)13-27-22(25)14-26-20-12-8-6-10-18(20)16(3)4/h5-12,15-16H,13-14H2,1-4H3,(H,23,24). The van der Waals surface area contributed by atoms with Gasteiger partial charge in [0.15, 0.2) is 13.2 Å². The van der Waals surface area contributed by atoms with Crippen LogP contribution in [0.25, 0.3) is 0 Å². The number of carbonyl (C=O) groups is 2. The molecule has 0 radical (unpaired) electrons. The second kappa shape index (κ2) is 9.76. The van der Waals surface area contributed by atoms with Gasteiger partial charge in [0.2, 0.25) is 0 Å². The summed E-state index contributed by atoms with van der Waals surface area (Å²) in [6.45, 7) is 7.63. The van der Waals surface area contributed by atoms with Gasteiger partial charge in [0.25, 0.3) is 5.91 Å². The zero-order valence-corrected chi connectivity index (χ0v) is 16.3. The lowest BCUT2D eigenvalue weighted by Crippen LogP contribution is -2.24.